The Bertz CT molecular complexity index is 945. The summed E-state index contributed by atoms with van der Waals surface area (Å²) in [6.07, 6.45) is 14.0. The largest absolute Gasteiger partial charge is 0.331 e. The number of rotatable bonds is 3. The van der Waals surface area contributed by atoms with E-state index in [1.165, 1.54) is 4.90 Å². The highest BCUT2D eigenvalue weighted by molar-refractivity contribution is 6.03. The topological polar surface area (TPSA) is 41.4 Å². The van der Waals surface area contributed by atoms with Gasteiger partial charge in [0.05, 0.1) is 12.2 Å². The molecule has 3 rings (SSSR count). The van der Waals surface area contributed by atoms with Crippen LogP contribution in [0, 0.1) is 30.1 Å². The Hall–Kier alpha value is -3.18. The van der Waals surface area contributed by atoms with E-state index in [1.54, 1.807) is 4.90 Å². The summed E-state index contributed by atoms with van der Waals surface area (Å²) in [6, 6.07) is -0.200. The van der Waals surface area contributed by atoms with E-state index < -0.39 is 0 Å². The van der Waals surface area contributed by atoms with Crippen molar-refractivity contribution in [3.8, 4) is 24.2 Å². The number of allylic oxidation sites excluding steroid dienone is 4. The smallest absolute Gasteiger partial charge is 0.317 e. The zero-order valence-electron chi connectivity index (χ0n) is 16.1. The Balaban J connectivity index is 2.01. The third-order valence-electron chi connectivity index (χ3n) is 4.95. The summed E-state index contributed by atoms with van der Waals surface area (Å²) in [5.41, 5.74) is 2.34. The molecule has 0 radical (unpaired) electrons. The molecule has 0 aromatic carbocycles. The van der Waals surface area contributed by atoms with E-state index in [0.717, 1.165) is 24.1 Å². The number of hydrogen-bond acceptors (Lipinski definition) is 2. The molecule has 0 fully saturated rings. The monoisotopic (exact) mass is 360 g/mol. The van der Waals surface area contributed by atoms with Gasteiger partial charge < -0.3 is 4.57 Å². The first kappa shape index (κ1) is 18.6. The number of nitrogens with zero attached hydrogens (tertiary/aromatic N) is 4. The summed E-state index contributed by atoms with van der Waals surface area (Å²) in [6.45, 7) is 8.84. The van der Waals surface area contributed by atoms with Crippen LogP contribution in [0.4, 0.5) is 10.6 Å². The Morgan fingerprint density at radius 1 is 1.33 bits per heavy atom. The molecule has 1 unspecified atom stereocenters. The molecule has 0 saturated carbocycles. The van der Waals surface area contributed by atoms with Crippen molar-refractivity contribution in [3.63, 3.8) is 0 Å². The van der Waals surface area contributed by atoms with Gasteiger partial charge in [-0.05, 0) is 31.6 Å². The summed E-state index contributed by atoms with van der Waals surface area (Å²) in [4.78, 5) is 20.4. The Morgan fingerprint density at radius 3 is 2.78 bits per heavy atom. The second-order valence-electron chi connectivity index (χ2n) is 6.61. The highest BCUT2D eigenvalue weighted by atomic mass is 16.2. The summed E-state index contributed by atoms with van der Waals surface area (Å²) in [5.74, 6) is 10.6. The predicted octanol–water partition coefficient (Wildman–Crippen LogP) is 3.55. The lowest BCUT2D eigenvalue weighted by atomic mass is 9.94. The van der Waals surface area contributed by atoms with Gasteiger partial charge in [0, 0.05) is 19.2 Å². The summed E-state index contributed by atoms with van der Waals surface area (Å²) >= 11 is 0. The number of anilines is 1. The molecule has 5 heteroatoms. The van der Waals surface area contributed by atoms with E-state index in [1.807, 2.05) is 18.5 Å². The molecule has 1 aromatic rings. The second kappa shape index (κ2) is 7.60. The zero-order valence-corrected chi connectivity index (χ0v) is 16.1. The van der Waals surface area contributed by atoms with Crippen LogP contribution < -0.4 is 4.90 Å². The van der Waals surface area contributed by atoms with Crippen molar-refractivity contribution in [2.45, 2.75) is 26.7 Å². The van der Waals surface area contributed by atoms with E-state index in [4.69, 9.17) is 6.42 Å². The number of urea groups is 1. The molecule has 2 amide bonds. The molecule has 27 heavy (non-hydrogen) atoms. The molecule has 1 aliphatic carbocycles. The number of terminal acetylenes is 1. The molecule has 0 N–H and O–H groups in total. The number of carbonyl (C=O) groups excluding carboxylic acids is 1. The number of fused-ring (bicyclic) bond motifs is 1. The summed E-state index contributed by atoms with van der Waals surface area (Å²) < 4.78 is 1.88. The third kappa shape index (κ3) is 3.29. The minimum Gasteiger partial charge on any atom is -0.317 e. The van der Waals surface area contributed by atoms with Crippen LogP contribution in [0.5, 0.6) is 0 Å². The lowest BCUT2D eigenvalue weighted by Crippen LogP contribution is -2.46. The molecule has 1 aliphatic heterocycles. The van der Waals surface area contributed by atoms with E-state index in [9.17, 15) is 4.79 Å². The summed E-state index contributed by atoms with van der Waals surface area (Å²) in [7, 11) is 1.89. The van der Waals surface area contributed by atoms with Crippen LogP contribution in [0.3, 0.4) is 0 Å². The molecule has 0 saturated heterocycles. The van der Waals surface area contributed by atoms with Crippen LogP contribution >= 0.6 is 0 Å². The number of hydrogen-bond donors (Lipinski definition) is 0. The van der Waals surface area contributed by atoms with Gasteiger partial charge in [0.25, 0.3) is 0 Å². The lowest BCUT2D eigenvalue weighted by Gasteiger charge is -2.34. The van der Waals surface area contributed by atoms with Crippen LogP contribution in [0.1, 0.15) is 38.2 Å². The summed E-state index contributed by atoms with van der Waals surface area (Å²) in [5, 5.41) is 0. The van der Waals surface area contributed by atoms with Gasteiger partial charge in [0.2, 0.25) is 0 Å². The van der Waals surface area contributed by atoms with Crippen LogP contribution in [0.2, 0.25) is 0 Å². The van der Waals surface area contributed by atoms with Gasteiger partial charge in [-0.25, -0.2) is 9.78 Å². The van der Waals surface area contributed by atoms with Crippen molar-refractivity contribution in [2.24, 2.45) is 13.0 Å². The van der Waals surface area contributed by atoms with Gasteiger partial charge >= 0.3 is 6.03 Å². The fourth-order valence-corrected chi connectivity index (χ4v) is 3.37. The zero-order chi connectivity index (χ0) is 19.6. The first-order valence-electron chi connectivity index (χ1n) is 9.20. The van der Waals surface area contributed by atoms with Crippen molar-refractivity contribution in [1.82, 2.24) is 14.5 Å². The van der Waals surface area contributed by atoms with Crippen LogP contribution in [-0.2, 0) is 7.05 Å². The standard InChI is InChI=1S/C22H24N4O/c1-6-14-26-16(4)20-21(25(8-3)22(26)27)23-19(24(20)5)13-12-18-11-9-10-17(7-2)15-18/h1,9,11,15,17H,4,7-8,10,14H2,2-3,5H3. The van der Waals surface area contributed by atoms with Gasteiger partial charge in [-0.3, -0.25) is 9.80 Å². The molecule has 5 nitrogen and oxygen atoms in total. The molecule has 1 aromatic heterocycles. The maximum atomic E-state index is 12.7. The number of carbonyl (C=O) groups is 1. The van der Waals surface area contributed by atoms with Crippen LogP contribution in [0.15, 0.2) is 30.4 Å². The van der Waals surface area contributed by atoms with Crippen molar-refractivity contribution >= 4 is 17.5 Å². The van der Waals surface area contributed by atoms with Crippen LogP contribution in [0.25, 0.3) is 5.70 Å². The highest BCUT2D eigenvalue weighted by Gasteiger charge is 2.36. The number of imidazole rings is 1. The molecule has 2 heterocycles. The van der Waals surface area contributed by atoms with Crippen molar-refractivity contribution in [3.05, 3.63) is 41.9 Å². The molecular formula is C22H24N4O. The van der Waals surface area contributed by atoms with Crippen LogP contribution in [-0.4, -0.2) is 33.6 Å². The van der Waals surface area contributed by atoms with Gasteiger partial charge in [-0.2, -0.15) is 0 Å². The normalized spacial score (nSPS) is 18.6. The molecular weight excluding hydrogens is 336 g/mol. The van der Waals surface area contributed by atoms with E-state index in [0.29, 0.717) is 29.8 Å². The van der Waals surface area contributed by atoms with Gasteiger partial charge in [0.15, 0.2) is 11.6 Å². The first-order chi connectivity index (χ1) is 13.0. The second-order valence-corrected chi connectivity index (χ2v) is 6.61. The molecule has 0 spiro atoms. The van der Waals surface area contributed by atoms with E-state index in [-0.39, 0.29) is 12.6 Å². The maximum Gasteiger partial charge on any atom is 0.331 e. The SMILES string of the molecule is C#CCN1C(=C)c2c(nc(C#CC3=CC(CC)CC=C3)n2C)N(CC)C1=O. The van der Waals surface area contributed by atoms with Crippen molar-refractivity contribution in [1.29, 1.82) is 0 Å². The average molecular weight is 360 g/mol. The minimum atomic E-state index is -0.200. The Morgan fingerprint density at radius 2 is 2.11 bits per heavy atom. The minimum absolute atomic E-state index is 0.176. The predicted molar refractivity (Wildman–Crippen MR) is 109 cm³/mol. The molecule has 2 aliphatic rings. The lowest BCUT2D eigenvalue weighted by molar-refractivity contribution is 0.226. The number of amides is 2. The molecule has 0 bridgehead atoms. The highest BCUT2D eigenvalue weighted by Crippen LogP contribution is 2.34. The number of aromatic nitrogens is 2. The maximum absolute atomic E-state index is 12.7. The van der Waals surface area contributed by atoms with E-state index in [2.05, 4.69) is 54.5 Å². The average Bonchev–Trinajstić information content (AvgIpc) is 3.00. The fraction of sp³-hybridized carbons (Fsp3) is 0.364. The van der Waals surface area contributed by atoms with Gasteiger partial charge in [0.1, 0.15) is 5.69 Å². The molecule has 1 atom stereocenters. The van der Waals surface area contributed by atoms with Gasteiger partial charge in [-0.15, -0.1) is 6.42 Å². The quantitative estimate of drug-likeness (QED) is 0.774. The fourth-order valence-electron chi connectivity index (χ4n) is 3.37. The Labute approximate surface area is 161 Å². The molecule has 138 valence electrons. The van der Waals surface area contributed by atoms with Crippen molar-refractivity contribution < 1.29 is 4.79 Å². The van der Waals surface area contributed by atoms with E-state index >= 15 is 0 Å². The van der Waals surface area contributed by atoms with Crippen molar-refractivity contribution in [2.75, 3.05) is 18.0 Å². The first-order valence-corrected chi connectivity index (χ1v) is 9.20. The van der Waals surface area contributed by atoms with Gasteiger partial charge in [-0.1, -0.05) is 43.6 Å². The third-order valence-corrected chi connectivity index (χ3v) is 4.95. The Kier molecular flexibility index (Phi) is 5.23.